The maximum absolute atomic E-state index is 11.8. The first kappa shape index (κ1) is 20.7. The smallest absolute Gasteiger partial charge is 0.373 e. The molecule has 2 aromatic carbocycles. The van der Waals surface area contributed by atoms with Gasteiger partial charge in [0.15, 0.2) is 0 Å². The largest absolute Gasteiger partial charge is 0.462 e. The van der Waals surface area contributed by atoms with E-state index in [1.165, 1.54) is 6.33 Å². The Bertz CT molecular complexity index is 1080. The van der Waals surface area contributed by atoms with Crippen molar-refractivity contribution in [2.24, 2.45) is 0 Å². The summed E-state index contributed by atoms with van der Waals surface area (Å²) in [5.74, 6) is -0.215. The lowest BCUT2D eigenvalue weighted by Gasteiger charge is -2.10. The van der Waals surface area contributed by atoms with Gasteiger partial charge in [-0.05, 0) is 68.3 Å². The Balaban J connectivity index is 1.88. The van der Waals surface area contributed by atoms with Gasteiger partial charge in [0.05, 0.1) is 17.1 Å². The first-order valence-electron chi connectivity index (χ1n) is 9.17. The number of carbonyl (C=O) groups excluding carboxylic acids is 1. The van der Waals surface area contributed by atoms with Crippen molar-refractivity contribution in [1.82, 2.24) is 9.97 Å². The molecule has 0 atom stereocenters. The van der Waals surface area contributed by atoms with Crippen LogP contribution in [0.2, 0.25) is 0 Å². The van der Waals surface area contributed by atoms with E-state index in [0.717, 1.165) is 11.1 Å². The number of anilines is 2. The summed E-state index contributed by atoms with van der Waals surface area (Å²) >= 11 is 0. The average Bonchev–Trinajstić information content (AvgIpc) is 2.71. The van der Waals surface area contributed by atoms with Crippen molar-refractivity contribution in [3.05, 3.63) is 75.6 Å². The molecule has 0 unspecified atom stereocenters. The van der Waals surface area contributed by atoms with Gasteiger partial charge in [0.2, 0.25) is 5.82 Å². The van der Waals surface area contributed by atoms with E-state index in [1.807, 2.05) is 19.9 Å². The van der Waals surface area contributed by atoms with Gasteiger partial charge in [-0.2, -0.15) is 4.98 Å². The van der Waals surface area contributed by atoms with Gasteiger partial charge >= 0.3 is 17.5 Å². The lowest BCUT2D eigenvalue weighted by molar-refractivity contribution is -0.385. The molecule has 0 spiro atoms. The SMILES string of the molecule is CCOC(=O)c1ccc(Nc2ncnc(Oc3ccc(C)c(C)c3)c2[N+](=O)[O-])cc1. The highest BCUT2D eigenvalue weighted by atomic mass is 16.6. The van der Waals surface area contributed by atoms with Crippen LogP contribution in [0.15, 0.2) is 48.8 Å². The number of ether oxygens (including phenoxy) is 2. The Hall–Kier alpha value is -4.01. The van der Waals surface area contributed by atoms with Crippen molar-refractivity contribution < 1.29 is 19.2 Å². The highest BCUT2D eigenvalue weighted by molar-refractivity contribution is 5.90. The zero-order valence-electron chi connectivity index (χ0n) is 16.7. The lowest BCUT2D eigenvalue weighted by atomic mass is 10.1. The molecular weight excluding hydrogens is 388 g/mol. The number of hydrogen-bond donors (Lipinski definition) is 1. The minimum Gasteiger partial charge on any atom is -0.462 e. The number of aryl methyl sites for hydroxylation is 2. The molecular formula is C21H20N4O5. The summed E-state index contributed by atoms with van der Waals surface area (Å²) in [5.41, 5.74) is 2.54. The molecule has 9 heteroatoms. The third kappa shape index (κ3) is 4.69. The summed E-state index contributed by atoms with van der Waals surface area (Å²) in [4.78, 5) is 30.8. The van der Waals surface area contributed by atoms with Crippen molar-refractivity contribution in [2.45, 2.75) is 20.8 Å². The van der Waals surface area contributed by atoms with E-state index >= 15 is 0 Å². The van der Waals surface area contributed by atoms with E-state index in [-0.39, 0.29) is 18.3 Å². The van der Waals surface area contributed by atoms with E-state index in [0.29, 0.717) is 17.0 Å². The highest BCUT2D eigenvalue weighted by Crippen LogP contribution is 2.35. The Morgan fingerprint density at radius 3 is 2.47 bits per heavy atom. The van der Waals surface area contributed by atoms with E-state index in [2.05, 4.69) is 15.3 Å². The summed E-state index contributed by atoms with van der Waals surface area (Å²) in [5, 5.41) is 14.6. The van der Waals surface area contributed by atoms with E-state index < -0.39 is 16.6 Å². The number of benzene rings is 2. The molecule has 0 fully saturated rings. The second kappa shape index (κ2) is 8.99. The first-order valence-corrected chi connectivity index (χ1v) is 9.17. The summed E-state index contributed by atoms with van der Waals surface area (Å²) in [7, 11) is 0. The van der Waals surface area contributed by atoms with E-state index in [4.69, 9.17) is 9.47 Å². The van der Waals surface area contributed by atoms with Crippen molar-refractivity contribution in [1.29, 1.82) is 0 Å². The van der Waals surface area contributed by atoms with Crippen molar-refractivity contribution in [2.75, 3.05) is 11.9 Å². The molecule has 0 amide bonds. The Morgan fingerprint density at radius 2 is 1.83 bits per heavy atom. The molecule has 0 saturated carbocycles. The molecule has 3 rings (SSSR count). The van der Waals surface area contributed by atoms with Crippen LogP contribution in [0.1, 0.15) is 28.4 Å². The summed E-state index contributed by atoms with van der Waals surface area (Å²) < 4.78 is 10.6. The predicted octanol–water partition coefficient (Wildman–Crippen LogP) is 4.71. The Labute approximate surface area is 172 Å². The van der Waals surface area contributed by atoms with Crippen LogP contribution in [-0.2, 0) is 4.74 Å². The molecule has 0 bridgehead atoms. The number of nitrogens with one attached hydrogen (secondary N) is 1. The molecule has 9 nitrogen and oxygen atoms in total. The standard InChI is InChI=1S/C21H20N4O5/c1-4-29-21(26)15-6-8-16(9-7-15)24-19-18(25(27)28)20(23-12-22-19)30-17-10-5-13(2)14(3)11-17/h5-12H,4H2,1-3H3,(H,22,23,24). The molecule has 154 valence electrons. The fourth-order valence-corrected chi connectivity index (χ4v) is 2.62. The number of esters is 1. The van der Waals surface area contributed by atoms with Crippen molar-refractivity contribution >= 4 is 23.2 Å². The van der Waals surface area contributed by atoms with Crippen LogP contribution < -0.4 is 10.1 Å². The fourth-order valence-electron chi connectivity index (χ4n) is 2.62. The Morgan fingerprint density at radius 1 is 1.10 bits per heavy atom. The molecule has 1 aromatic heterocycles. The third-order valence-corrected chi connectivity index (χ3v) is 4.32. The fraction of sp³-hybridized carbons (Fsp3) is 0.190. The summed E-state index contributed by atoms with van der Waals surface area (Å²) in [6, 6.07) is 11.7. The van der Waals surface area contributed by atoms with Gasteiger partial charge in [0.1, 0.15) is 12.1 Å². The predicted molar refractivity (Wildman–Crippen MR) is 110 cm³/mol. The first-order chi connectivity index (χ1) is 14.4. The molecule has 0 aliphatic carbocycles. The number of rotatable bonds is 7. The quantitative estimate of drug-likeness (QED) is 0.339. The maximum atomic E-state index is 11.8. The van der Waals surface area contributed by atoms with E-state index in [1.54, 1.807) is 43.3 Å². The molecule has 30 heavy (non-hydrogen) atoms. The van der Waals surface area contributed by atoms with E-state index in [9.17, 15) is 14.9 Å². The van der Waals surface area contributed by atoms with Gasteiger partial charge in [-0.1, -0.05) is 6.07 Å². The maximum Gasteiger partial charge on any atom is 0.373 e. The van der Waals surface area contributed by atoms with Gasteiger partial charge < -0.3 is 14.8 Å². The molecule has 0 radical (unpaired) electrons. The monoisotopic (exact) mass is 408 g/mol. The number of nitrogens with zero attached hydrogens (tertiary/aromatic N) is 3. The van der Waals surface area contributed by atoms with Gasteiger partial charge in [-0.25, -0.2) is 9.78 Å². The van der Waals surface area contributed by atoms with Crippen molar-refractivity contribution in [3.63, 3.8) is 0 Å². The molecule has 0 aliphatic heterocycles. The minimum atomic E-state index is -0.605. The molecule has 1 heterocycles. The number of aromatic nitrogens is 2. The second-order valence-corrected chi connectivity index (χ2v) is 6.40. The van der Waals surface area contributed by atoms with Gasteiger partial charge in [0, 0.05) is 5.69 Å². The van der Waals surface area contributed by atoms with Crippen LogP contribution in [0.3, 0.4) is 0 Å². The van der Waals surface area contributed by atoms with Gasteiger partial charge in [-0.3, -0.25) is 10.1 Å². The Kier molecular flexibility index (Phi) is 6.21. The normalized spacial score (nSPS) is 10.4. The topological polar surface area (TPSA) is 116 Å². The summed E-state index contributed by atoms with van der Waals surface area (Å²) in [6.07, 6.45) is 1.18. The second-order valence-electron chi connectivity index (χ2n) is 6.40. The summed E-state index contributed by atoms with van der Waals surface area (Å²) in [6.45, 7) is 5.87. The zero-order valence-corrected chi connectivity index (χ0v) is 16.7. The van der Waals surface area contributed by atoms with Crippen LogP contribution in [0.4, 0.5) is 17.2 Å². The molecule has 1 N–H and O–H groups in total. The number of hydrogen-bond acceptors (Lipinski definition) is 8. The molecule has 3 aromatic rings. The van der Waals surface area contributed by atoms with Crippen molar-refractivity contribution in [3.8, 4) is 11.6 Å². The van der Waals surface area contributed by atoms with Crippen LogP contribution in [0, 0.1) is 24.0 Å². The minimum absolute atomic E-state index is 0.0299. The van der Waals surface area contributed by atoms with Gasteiger partial charge in [-0.15, -0.1) is 0 Å². The molecule has 0 aliphatic rings. The highest BCUT2D eigenvalue weighted by Gasteiger charge is 2.25. The van der Waals surface area contributed by atoms with Crippen LogP contribution >= 0.6 is 0 Å². The van der Waals surface area contributed by atoms with Crippen LogP contribution in [0.5, 0.6) is 11.6 Å². The van der Waals surface area contributed by atoms with Crippen LogP contribution in [-0.4, -0.2) is 27.5 Å². The lowest BCUT2D eigenvalue weighted by Crippen LogP contribution is -2.05. The average molecular weight is 408 g/mol. The van der Waals surface area contributed by atoms with Crippen LogP contribution in [0.25, 0.3) is 0 Å². The van der Waals surface area contributed by atoms with Gasteiger partial charge in [0.25, 0.3) is 0 Å². The number of carbonyl (C=O) groups is 1. The zero-order chi connectivity index (χ0) is 21.7. The third-order valence-electron chi connectivity index (χ3n) is 4.32. The number of nitro groups is 1. The molecule has 0 saturated heterocycles.